The molecule has 0 bridgehead atoms. The number of carbonyl (C=O) groups is 1. The van der Waals surface area contributed by atoms with Crippen LogP contribution in [0.3, 0.4) is 0 Å². The number of anilines is 1. The van der Waals surface area contributed by atoms with Crippen molar-refractivity contribution in [1.29, 1.82) is 5.26 Å². The largest absolute Gasteiger partial charge is 0.506 e. The number of carbonyl (C=O) groups excluding carboxylic acids is 1. The Kier molecular flexibility index (Phi) is 9.25. The highest BCUT2D eigenvalue weighted by atomic mass is 35.5. The van der Waals surface area contributed by atoms with E-state index in [0.29, 0.717) is 16.9 Å². The first-order valence-corrected chi connectivity index (χ1v) is 15.7. The van der Waals surface area contributed by atoms with Crippen LogP contribution in [-0.4, -0.2) is 55.6 Å². The Hall–Kier alpha value is -4.24. The smallest absolute Gasteiger partial charge is 0.276 e. The van der Waals surface area contributed by atoms with E-state index in [9.17, 15) is 28.7 Å². The van der Waals surface area contributed by atoms with Gasteiger partial charge in [-0.15, -0.1) is 0 Å². The highest BCUT2D eigenvalue weighted by Gasteiger charge is 2.36. The summed E-state index contributed by atoms with van der Waals surface area (Å²) in [7, 11) is 0. The number of pyridine rings is 3. The van der Waals surface area contributed by atoms with Crippen LogP contribution in [0.1, 0.15) is 50.4 Å². The van der Waals surface area contributed by atoms with Gasteiger partial charge in [-0.25, -0.2) is 13.8 Å². The molecule has 0 unspecified atom stereocenters. The quantitative estimate of drug-likeness (QED) is 0.132. The molecular formula is C33H29Cl3F2N6O3. The summed E-state index contributed by atoms with van der Waals surface area (Å²) in [4.78, 5) is 39.9. The number of fused-ring (bicyclic) bond motifs is 1. The van der Waals surface area contributed by atoms with Gasteiger partial charge in [-0.2, -0.15) is 5.26 Å². The Bertz CT molecular complexity index is 2050. The van der Waals surface area contributed by atoms with Crippen LogP contribution in [0.5, 0.6) is 5.75 Å². The van der Waals surface area contributed by atoms with Crippen molar-refractivity contribution in [2.24, 2.45) is 0 Å². The lowest BCUT2D eigenvalue weighted by atomic mass is 10.0. The van der Waals surface area contributed by atoms with Crippen LogP contribution in [0, 0.1) is 29.9 Å². The molecule has 47 heavy (non-hydrogen) atoms. The first-order valence-electron chi connectivity index (χ1n) is 14.6. The molecule has 0 aliphatic carbocycles. The molecule has 0 radical (unpaired) electrons. The van der Waals surface area contributed by atoms with Crippen molar-refractivity contribution in [3.63, 3.8) is 0 Å². The van der Waals surface area contributed by atoms with E-state index in [2.05, 4.69) is 22.6 Å². The molecule has 3 aromatic heterocycles. The first kappa shape index (κ1) is 34.1. The van der Waals surface area contributed by atoms with E-state index in [-0.39, 0.29) is 70.0 Å². The number of benzene rings is 1. The first-order chi connectivity index (χ1) is 22.2. The maximum atomic E-state index is 14.8. The number of amides is 1. The maximum absolute atomic E-state index is 14.8. The number of aromatic hydroxyl groups is 1. The van der Waals surface area contributed by atoms with Crippen LogP contribution in [0.2, 0.25) is 15.1 Å². The number of hydrogen-bond donors (Lipinski definition) is 1. The summed E-state index contributed by atoms with van der Waals surface area (Å²) < 4.78 is 30.5. The summed E-state index contributed by atoms with van der Waals surface area (Å²) in [5.41, 5.74) is 0.0147. The summed E-state index contributed by atoms with van der Waals surface area (Å²) >= 11 is 18.9. The van der Waals surface area contributed by atoms with Crippen molar-refractivity contribution in [3.8, 4) is 28.8 Å². The van der Waals surface area contributed by atoms with E-state index in [1.54, 1.807) is 24.1 Å². The summed E-state index contributed by atoms with van der Waals surface area (Å²) in [6, 6.07) is 4.52. The van der Waals surface area contributed by atoms with Gasteiger partial charge in [-0.05, 0) is 50.5 Å². The van der Waals surface area contributed by atoms with Crippen molar-refractivity contribution in [1.82, 2.24) is 19.4 Å². The highest BCUT2D eigenvalue weighted by molar-refractivity contribution is 6.39. The van der Waals surface area contributed by atoms with Gasteiger partial charge in [0.1, 0.15) is 28.1 Å². The van der Waals surface area contributed by atoms with Crippen LogP contribution in [0.4, 0.5) is 14.5 Å². The lowest BCUT2D eigenvalue weighted by Gasteiger charge is -2.45. The Morgan fingerprint density at radius 1 is 1.15 bits per heavy atom. The van der Waals surface area contributed by atoms with Crippen molar-refractivity contribution in [2.75, 3.05) is 18.0 Å². The van der Waals surface area contributed by atoms with Gasteiger partial charge in [-0.1, -0.05) is 55.2 Å². The lowest BCUT2D eigenvalue weighted by Crippen LogP contribution is -2.58. The van der Waals surface area contributed by atoms with Crippen LogP contribution >= 0.6 is 34.8 Å². The molecule has 1 aliphatic heterocycles. The molecule has 0 spiro atoms. The maximum Gasteiger partial charge on any atom is 0.276 e. The average Bonchev–Trinajstić information content (AvgIpc) is 3.02. The third-order valence-corrected chi connectivity index (χ3v) is 9.24. The number of halogens is 5. The Morgan fingerprint density at radius 2 is 1.77 bits per heavy atom. The van der Waals surface area contributed by atoms with Crippen LogP contribution < -0.4 is 10.5 Å². The SMILES string of the molecule is C=CC(=O)N1[C@H](C)CN(c2c(C#N)c(=O)n(-c3c(C)ccnc3C(C)C)c3nc(-c4c(O)c(Cl)c(F)c(F)c4Cl)c(Cl)cc23)C[C@@H]1C. The van der Waals surface area contributed by atoms with Crippen LogP contribution in [-0.2, 0) is 4.79 Å². The normalized spacial score (nSPS) is 16.6. The number of phenols is 1. The fourth-order valence-corrected chi connectivity index (χ4v) is 6.93. The molecule has 1 aliphatic rings. The van der Waals surface area contributed by atoms with E-state index >= 15 is 0 Å². The standard InChI is InChI=1S/C33H29Cl3F2N6O3/c1-7-21(45)43-16(5)12-42(13-17(43)6)30-18-10-20(34)28(22-23(35)25(37)26(38)24(36)31(22)46)41-32(18)44(33(47)19(30)11-39)29-15(4)8-9-40-27(29)14(2)3/h7-10,14,16-17,46H,1,12-13H2,2-6H3/t16-,17+. The predicted molar refractivity (Wildman–Crippen MR) is 179 cm³/mol. The number of aryl methyl sites for hydroxylation is 1. The molecule has 1 amide bonds. The molecule has 1 saturated heterocycles. The lowest BCUT2D eigenvalue weighted by molar-refractivity contribution is -0.130. The second kappa shape index (κ2) is 12.8. The Morgan fingerprint density at radius 3 is 2.34 bits per heavy atom. The van der Waals surface area contributed by atoms with Crippen molar-refractivity contribution >= 4 is 57.4 Å². The fourth-order valence-electron chi connectivity index (χ4n) is 6.25. The number of nitriles is 1. The third kappa shape index (κ3) is 5.48. The number of phenolic OH excluding ortho intramolecular Hbond substituents is 1. The fraction of sp³-hybridized carbons (Fsp3) is 0.303. The number of piperazine rings is 1. The minimum absolute atomic E-state index is 0.0253. The molecule has 0 saturated carbocycles. The number of aromatic nitrogens is 3. The minimum Gasteiger partial charge on any atom is -0.506 e. The van der Waals surface area contributed by atoms with Gasteiger partial charge in [0, 0.05) is 36.8 Å². The molecule has 14 heteroatoms. The van der Waals surface area contributed by atoms with E-state index in [0.717, 1.165) is 0 Å². The zero-order valence-corrected chi connectivity index (χ0v) is 28.3. The molecule has 2 atom stereocenters. The molecule has 4 heterocycles. The molecule has 4 aromatic rings. The second-order valence-corrected chi connectivity index (χ2v) is 12.9. The Labute approximate surface area is 284 Å². The molecule has 1 N–H and O–H groups in total. The second-order valence-electron chi connectivity index (χ2n) is 11.7. The van der Waals surface area contributed by atoms with E-state index in [1.165, 1.54) is 16.7 Å². The zero-order chi connectivity index (χ0) is 34.6. The van der Waals surface area contributed by atoms with E-state index < -0.39 is 38.6 Å². The molecule has 244 valence electrons. The number of hydrogen-bond acceptors (Lipinski definition) is 7. The van der Waals surface area contributed by atoms with Crippen LogP contribution in [0.25, 0.3) is 28.0 Å². The minimum atomic E-state index is -1.56. The van der Waals surface area contributed by atoms with Gasteiger partial charge < -0.3 is 14.9 Å². The van der Waals surface area contributed by atoms with Gasteiger partial charge >= 0.3 is 0 Å². The summed E-state index contributed by atoms with van der Waals surface area (Å²) in [6.45, 7) is 13.3. The molecule has 9 nitrogen and oxygen atoms in total. The van der Waals surface area contributed by atoms with Gasteiger partial charge in [0.2, 0.25) is 5.91 Å². The summed E-state index contributed by atoms with van der Waals surface area (Å²) in [5, 5.41) is 19.7. The monoisotopic (exact) mass is 700 g/mol. The van der Waals surface area contributed by atoms with Gasteiger partial charge in [0.25, 0.3) is 5.56 Å². The van der Waals surface area contributed by atoms with Gasteiger partial charge in [0.05, 0.1) is 38.4 Å². The number of rotatable bonds is 5. The Balaban J connectivity index is 1.95. The van der Waals surface area contributed by atoms with Crippen molar-refractivity contribution in [2.45, 2.75) is 52.6 Å². The van der Waals surface area contributed by atoms with Gasteiger partial charge in [-0.3, -0.25) is 19.1 Å². The van der Waals surface area contributed by atoms with E-state index in [1.807, 2.05) is 32.6 Å². The predicted octanol–water partition coefficient (Wildman–Crippen LogP) is 7.31. The topological polar surface area (TPSA) is 115 Å². The van der Waals surface area contributed by atoms with Crippen molar-refractivity contribution < 1.29 is 18.7 Å². The van der Waals surface area contributed by atoms with E-state index in [4.69, 9.17) is 34.8 Å². The highest BCUT2D eigenvalue weighted by Crippen LogP contribution is 2.47. The average molecular weight is 702 g/mol. The molecule has 5 rings (SSSR count). The summed E-state index contributed by atoms with van der Waals surface area (Å²) in [5.74, 6) is -4.42. The van der Waals surface area contributed by atoms with Gasteiger partial charge in [0.15, 0.2) is 11.6 Å². The third-order valence-electron chi connectivity index (χ3n) is 8.26. The molecule has 1 aromatic carbocycles. The molecule has 1 fully saturated rings. The molecular weight excluding hydrogens is 673 g/mol. The van der Waals surface area contributed by atoms with Crippen molar-refractivity contribution in [3.05, 3.63) is 84.9 Å². The zero-order valence-electron chi connectivity index (χ0n) is 26.0. The number of nitrogens with zero attached hydrogens (tertiary/aromatic N) is 6. The van der Waals surface area contributed by atoms with Crippen LogP contribution in [0.15, 0.2) is 35.8 Å². The summed E-state index contributed by atoms with van der Waals surface area (Å²) in [6.07, 6.45) is 2.84.